The largest absolute Gasteiger partial charge is 0.471 e. The second-order valence-corrected chi connectivity index (χ2v) is 3.64. The molecule has 0 saturated heterocycles. The highest BCUT2D eigenvalue weighted by molar-refractivity contribution is 7.74. The monoisotopic (exact) mass is 219 g/mol. The molecule has 1 rings (SSSR count). The van der Waals surface area contributed by atoms with Crippen molar-refractivity contribution in [1.29, 1.82) is 0 Å². The molecule has 0 aliphatic heterocycles. The fourth-order valence-electron chi connectivity index (χ4n) is 1.18. The van der Waals surface area contributed by atoms with Gasteiger partial charge < -0.3 is 4.18 Å². The van der Waals surface area contributed by atoms with Crippen molar-refractivity contribution in [3.05, 3.63) is 12.4 Å². The fraction of sp³-hybridized carbons (Fsp3) is 0.625. The Morgan fingerprint density at radius 3 is 3.00 bits per heavy atom. The summed E-state index contributed by atoms with van der Waals surface area (Å²) in [6.45, 7) is 2.89. The van der Waals surface area contributed by atoms with Crippen LogP contribution in [0.2, 0.25) is 0 Å². The van der Waals surface area contributed by atoms with Gasteiger partial charge >= 0.3 is 17.4 Å². The molecule has 1 N–H and O–H groups in total. The van der Waals surface area contributed by atoms with E-state index in [2.05, 4.69) is 6.92 Å². The molecule has 0 radical (unpaired) electrons. The molecule has 0 bridgehead atoms. The molecule has 0 aliphatic carbocycles. The number of imidazole rings is 1. The topological polar surface area (TPSA) is 55.3 Å². The van der Waals surface area contributed by atoms with Crippen molar-refractivity contribution in [1.82, 2.24) is 4.57 Å². The highest BCUT2D eigenvalue weighted by Crippen LogP contribution is 2.07. The fourth-order valence-corrected chi connectivity index (χ4v) is 1.52. The predicted molar refractivity (Wildman–Crippen MR) is 51.9 cm³/mol. The molecule has 0 saturated carbocycles. The lowest BCUT2D eigenvalue weighted by molar-refractivity contribution is -0.674. The maximum Gasteiger partial charge on any atom is 0.471 e. The van der Waals surface area contributed by atoms with Crippen LogP contribution in [0.5, 0.6) is 6.01 Å². The summed E-state index contributed by atoms with van der Waals surface area (Å²) in [5.41, 5.74) is 0. The van der Waals surface area contributed by atoms with Gasteiger partial charge in [-0.1, -0.05) is 13.3 Å². The summed E-state index contributed by atoms with van der Waals surface area (Å²) in [6.07, 6.45) is 5.71. The van der Waals surface area contributed by atoms with E-state index in [0.717, 1.165) is 19.4 Å². The lowest BCUT2D eigenvalue weighted by Gasteiger charge is -1.99. The van der Waals surface area contributed by atoms with Crippen LogP contribution in [0.25, 0.3) is 0 Å². The Balaban J connectivity index is 2.77. The van der Waals surface area contributed by atoms with Crippen LogP contribution in [-0.4, -0.2) is 13.3 Å². The summed E-state index contributed by atoms with van der Waals surface area (Å²) >= 11 is -2.26. The summed E-state index contributed by atoms with van der Waals surface area (Å²) in [6, 6.07) is 0.402. The molecule has 1 atom stereocenters. The second kappa shape index (κ2) is 5.11. The number of hydrogen-bond acceptors (Lipinski definition) is 2. The molecule has 0 fully saturated rings. The third-order valence-electron chi connectivity index (χ3n) is 1.92. The molecule has 1 heterocycles. The van der Waals surface area contributed by atoms with Crippen molar-refractivity contribution in [2.45, 2.75) is 26.3 Å². The molecule has 1 aromatic rings. The molecule has 1 aromatic heterocycles. The predicted octanol–water partition coefficient (Wildman–Crippen LogP) is 0.628. The lowest BCUT2D eigenvalue weighted by atomic mass is 10.3. The van der Waals surface area contributed by atoms with Gasteiger partial charge in [0.2, 0.25) is 0 Å². The number of rotatable bonds is 5. The summed E-state index contributed by atoms with van der Waals surface area (Å²) in [5.74, 6) is 0. The van der Waals surface area contributed by atoms with Gasteiger partial charge in [-0.3, -0.25) is 4.55 Å². The van der Waals surface area contributed by atoms with Crippen molar-refractivity contribution in [3.63, 3.8) is 0 Å². The minimum Gasteiger partial charge on any atom is -0.306 e. The van der Waals surface area contributed by atoms with Gasteiger partial charge in [-0.05, 0) is 6.42 Å². The van der Waals surface area contributed by atoms with E-state index < -0.39 is 11.4 Å². The van der Waals surface area contributed by atoms with E-state index in [0.29, 0.717) is 6.01 Å². The summed E-state index contributed by atoms with van der Waals surface area (Å²) in [4.78, 5) is 0. The molecular weight excluding hydrogens is 204 g/mol. The molecule has 0 amide bonds. The second-order valence-electron chi connectivity index (χ2n) is 3.04. The molecule has 14 heavy (non-hydrogen) atoms. The van der Waals surface area contributed by atoms with Crippen molar-refractivity contribution < 1.29 is 17.5 Å². The van der Waals surface area contributed by atoms with Crippen molar-refractivity contribution in [2.75, 3.05) is 0 Å². The van der Waals surface area contributed by atoms with Crippen molar-refractivity contribution in [2.24, 2.45) is 7.05 Å². The normalized spacial score (nSPS) is 12.8. The summed E-state index contributed by atoms with van der Waals surface area (Å²) < 4.78 is 27.4. The third-order valence-corrected chi connectivity index (χ3v) is 2.21. The standard InChI is InChI=1S/C8H14N2O3S/c1-3-4-5-10-7-6-9(2)8(10)13-14(11)12/h6-7H,3-5H2,1-2H3/p+1. The van der Waals surface area contributed by atoms with Crippen LogP contribution in [0.1, 0.15) is 19.8 Å². The average Bonchev–Trinajstić information content (AvgIpc) is 2.45. The highest BCUT2D eigenvalue weighted by atomic mass is 32.2. The van der Waals surface area contributed by atoms with E-state index >= 15 is 0 Å². The van der Waals surface area contributed by atoms with Crippen LogP contribution in [0.4, 0.5) is 0 Å². The zero-order chi connectivity index (χ0) is 10.6. The molecule has 0 aliphatic rings. The molecular formula is C8H15N2O3S+. The Bertz CT molecular complexity index is 324. The van der Waals surface area contributed by atoms with Crippen LogP contribution in [0.3, 0.4) is 0 Å². The zero-order valence-electron chi connectivity index (χ0n) is 8.34. The number of unbranched alkanes of at least 4 members (excludes halogenated alkanes) is 1. The smallest absolute Gasteiger partial charge is 0.306 e. The van der Waals surface area contributed by atoms with Crippen LogP contribution in [0.15, 0.2) is 12.4 Å². The quantitative estimate of drug-likeness (QED) is 0.583. The van der Waals surface area contributed by atoms with E-state index in [9.17, 15) is 4.21 Å². The Hall–Kier alpha value is -0.880. The highest BCUT2D eigenvalue weighted by Gasteiger charge is 2.18. The van der Waals surface area contributed by atoms with Crippen LogP contribution >= 0.6 is 0 Å². The number of aromatic nitrogens is 2. The molecule has 0 aromatic carbocycles. The SMILES string of the molecule is CCCCn1cc[n+](C)c1OS(=O)O. The maximum atomic E-state index is 10.5. The first-order chi connectivity index (χ1) is 6.65. The Morgan fingerprint density at radius 2 is 2.43 bits per heavy atom. The maximum absolute atomic E-state index is 10.5. The first-order valence-corrected chi connectivity index (χ1v) is 5.52. The van der Waals surface area contributed by atoms with Gasteiger partial charge in [0.15, 0.2) is 0 Å². The van der Waals surface area contributed by atoms with Crippen molar-refractivity contribution >= 4 is 11.4 Å². The van der Waals surface area contributed by atoms with E-state index in [1.807, 2.05) is 10.8 Å². The van der Waals surface area contributed by atoms with Gasteiger partial charge in [-0.15, -0.1) is 0 Å². The Morgan fingerprint density at radius 1 is 1.71 bits per heavy atom. The number of aryl methyl sites for hydroxylation is 2. The van der Waals surface area contributed by atoms with E-state index in [4.69, 9.17) is 8.74 Å². The Labute approximate surface area is 85.8 Å². The van der Waals surface area contributed by atoms with E-state index in [1.165, 1.54) is 0 Å². The van der Waals surface area contributed by atoms with E-state index in [-0.39, 0.29) is 0 Å². The van der Waals surface area contributed by atoms with Crippen molar-refractivity contribution in [3.8, 4) is 6.01 Å². The first-order valence-electron chi connectivity index (χ1n) is 4.49. The lowest BCUT2D eigenvalue weighted by Crippen LogP contribution is -2.29. The van der Waals surface area contributed by atoms with Crippen LogP contribution in [0, 0.1) is 0 Å². The van der Waals surface area contributed by atoms with Gasteiger partial charge in [0.1, 0.15) is 12.4 Å². The number of hydrogen-bond donors (Lipinski definition) is 1. The number of nitrogens with zero attached hydrogens (tertiary/aromatic N) is 2. The van der Waals surface area contributed by atoms with Gasteiger partial charge in [0.05, 0.1) is 13.6 Å². The molecule has 5 nitrogen and oxygen atoms in total. The zero-order valence-corrected chi connectivity index (χ0v) is 9.16. The first kappa shape index (κ1) is 11.2. The minimum atomic E-state index is -2.26. The summed E-state index contributed by atoms with van der Waals surface area (Å²) in [7, 11) is 1.77. The molecule has 6 heteroatoms. The summed E-state index contributed by atoms with van der Waals surface area (Å²) in [5, 5.41) is 0. The van der Waals surface area contributed by atoms with Gasteiger partial charge in [0.25, 0.3) is 0 Å². The van der Waals surface area contributed by atoms with Gasteiger partial charge in [-0.2, -0.15) is 13.3 Å². The molecule has 0 spiro atoms. The molecule has 1 unspecified atom stereocenters. The minimum absolute atomic E-state index is 0.402. The third kappa shape index (κ3) is 2.81. The van der Waals surface area contributed by atoms with Crippen LogP contribution < -0.4 is 8.75 Å². The Kier molecular flexibility index (Phi) is 4.09. The van der Waals surface area contributed by atoms with Gasteiger partial charge in [-0.25, -0.2) is 0 Å². The van der Waals surface area contributed by atoms with Gasteiger partial charge in [0, 0.05) is 0 Å². The van der Waals surface area contributed by atoms with Crippen LogP contribution in [-0.2, 0) is 25.0 Å². The van der Waals surface area contributed by atoms with E-state index in [1.54, 1.807) is 17.8 Å². The average molecular weight is 219 g/mol. The molecule has 80 valence electrons.